The lowest BCUT2D eigenvalue weighted by Gasteiger charge is -2.08. The number of anilines is 1. The maximum atomic E-state index is 12.0. The van der Waals surface area contributed by atoms with Crippen LogP contribution in [0.5, 0.6) is 0 Å². The summed E-state index contributed by atoms with van der Waals surface area (Å²) in [5.74, 6) is -0.685. The fourth-order valence-corrected chi connectivity index (χ4v) is 4.52. The minimum Gasteiger partial charge on any atom is -0.465 e. The van der Waals surface area contributed by atoms with E-state index in [4.69, 9.17) is 15.2 Å². The number of nitrogen functional groups attached to an aromatic ring is 1. The van der Waals surface area contributed by atoms with Crippen LogP contribution in [0.25, 0.3) is 0 Å². The Kier molecular flexibility index (Phi) is 4.81. The van der Waals surface area contributed by atoms with Crippen molar-refractivity contribution in [1.82, 2.24) is 9.55 Å². The minimum absolute atomic E-state index is 0.236. The molecule has 1 saturated carbocycles. The van der Waals surface area contributed by atoms with Gasteiger partial charge < -0.3 is 19.8 Å². The molecule has 128 valence electrons. The first-order chi connectivity index (χ1) is 11.6. The molecule has 0 amide bonds. The number of nitrogens with zero attached hydrogens (tertiary/aromatic N) is 2. The van der Waals surface area contributed by atoms with Gasteiger partial charge >= 0.3 is 11.9 Å². The summed E-state index contributed by atoms with van der Waals surface area (Å²) in [7, 11) is 2.58. The van der Waals surface area contributed by atoms with Gasteiger partial charge in [0, 0.05) is 29.8 Å². The van der Waals surface area contributed by atoms with Gasteiger partial charge in [-0.1, -0.05) is 11.8 Å². The van der Waals surface area contributed by atoms with Crippen molar-refractivity contribution in [3.8, 4) is 0 Å². The van der Waals surface area contributed by atoms with Gasteiger partial charge in [0.2, 0.25) is 0 Å². The Morgan fingerprint density at radius 2 is 2.08 bits per heavy atom. The van der Waals surface area contributed by atoms with Crippen molar-refractivity contribution in [1.29, 1.82) is 0 Å². The fraction of sp³-hybridized carbons (Fsp3) is 0.400. The summed E-state index contributed by atoms with van der Waals surface area (Å²) in [6.07, 6.45) is 6.00. The van der Waals surface area contributed by atoms with Crippen LogP contribution >= 0.6 is 23.1 Å². The van der Waals surface area contributed by atoms with Crippen LogP contribution in [0.4, 0.5) is 5.00 Å². The number of nitrogens with two attached hydrogens (primary N) is 1. The molecule has 0 aromatic carbocycles. The Labute approximate surface area is 147 Å². The van der Waals surface area contributed by atoms with Crippen LogP contribution in [-0.2, 0) is 15.2 Å². The summed E-state index contributed by atoms with van der Waals surface area (Å²) in [4.78, 5) is 28.7. The molecule has 9 heteroatoms. The van der Waals surface area contributed by atoms with Gasteiger partial charge in [0.25, 0.3) is 0 Å². The third-order valence-corrected chi connectivity index (χ3v) is 5.76. The molecule has 1 aliphatic rings. The SMILES string of the molecule is COC(=O)c1sc(N)c(C(=O)OC)c1CSc1nccn1C1CC1. The van der Waals surface area contributed by atoms with Crippen LogP contribution in [0.1, 0.15) is 44.5 Å². The van der Waals surface area contributed by atoms with Gasteiger partial charge in [-0.25, -0.2) is 14.6 Å². The van der Waals surface area contributed by atoms with E-state index in [0.29, 0.717) is 22.2 Å². The summed E-state index contributed by atoms with van der Waals surface area (Å²) in [6.45, 7) is 0. The lowest BCUT2D eigenvalue weighted by atomic mass is 10.1. The lowest BCUT2D eigenvalue weighted by molar-refractivity contribution is 0.0601. The van der Waals surface area contributed by atoms with Crippen LogP contribution in [0.2, 0.25) is 0 Å². The third-order valence-electron chi connectivity index (χ3n) is 3.71. The van der Waals surface area contributed by atoms with Crippen molar-refractivity contribution in [3.63, 3.8) is 0 Å². The van der Waals surface area contributed by atoms with E-state index in [9.17, 15) is 9.59 Å². The van der Waals surface area contributed by atoms with Gasteiger partial charge in [-0.2, -0.15) is 0 Å². The van der Waals surface area contributed by atoms with Crippen LogP contribution < -0.4 is 5.73 Å². The molecule has 2 aromatic rings. The quantitative estimate of drug-likeness (QED) is 0.619. The van der Waals surface area contributed by atoms with E-state index < -0.39 is 11.9 Å². The van der Waals surface area contributed by atoms with Gasteiger partial charge in [-0.05, 0) is 12.8 Å². The van der Waals surface area contributed by atoms with Crippen LogP contribution in [0, 0.1) is 0 Å². The highest BCUT2D eigenvalue weighted by Gasteiger charge is 2.29. The van der Waals surface area contributed by atoms with Crippen LogP contribution in [0.15, 0.2) is 17.6 Å². The summed E-state index contributed by atoms with van der Waals surface area (Å²) in [5, 5.41) is 1.11. The lowest BCUT2D eigenvalue weighted by Crippen LogP contribution is -2.09. The van der Waals surface area contributed by atoms with E-state index in [1.54, 1.807) is 6.20 Å². The number of ether oxygens (including phenoxy) is 2. The summed E-state index contributed by atoms with van der Waals surface area (Å²) < 4.78 is 11.7. The average molecular weight is 367 g/mol. The van der Waals surface area contributed by atoms with Crippen molar-refractivity contribution in [2.45, 2.75) is 29.8 Å². The highest BCUT2D eigenvalue weighted by molar-refractivity contribution is 7.98. The van der Waals surface area contributed by atoms with Crippen molar-refractivity contribution >= 4 is 40.0 Å². The maximum Gasteiger partial charge on any atom is 0.348 e. The predicted octanol–water partition coefficient (Wildman–Crippen LogP) is 2.73. The normalized spacial score (nSPS) is 13.8. The monoisotopic (exact) mass is 367 g/mol. The second-order valence-corrected chi connectivity index (χ2v) is 7.26. The first-order valence-electron chi connectivity index (χ1n) is 7.30. The van der Waals surface area contributed by atoms with Crippen molar-refractivity contribution in [3.05, 3.63) is 28.4 Å². The number of carbonyl (C=O) groups is 2. The van der Waals surface area contributed by atoms with Gasteiger partial charge in [0.1, 0.15) is 9.88 Å². The molecule has 2 heterocycles. The molecule has 2 N–H and O–H groups in total. The Hall–Kier alpha value is -2.00. The van der Waals surface area contributed by atoms with E-state index in [0.717, 1.165) is 29.3 Å². The number of thiophene rings is 1. The molecule has 7 nitrogen and oxygen atoms in total. The Balaban J connectivity index is 1.91. The Morgan fingerprint density at radius 1 is 1.38 bits per heavy atom. The summed E-state index contributed by atoms with van der Waals surface area (Å²) in [6, 6.07) is 0.502. The number of aromatic nitrogens is 2. The fourth-order valence-electron chi connectivity index (χ4n) is 2.38. The highest BCUT2D eigenvalue weighted by atomic mass is 32.2. The number of thioether (sulfide) groups is 1. The number of carbonyl (C=O) groups excluding carboxylic acids is 2. The third kappa shape index (κ3) is 3.13. The minimum atomic E-state index is -0.556. The zero-order valence-electron chi connectivity index (χ0n) is 13.3. The van der Waals surface area contributed by atoms with Crippen molar-refractivity contribution < 1.29 is 19.1 Å². The molecular weight excluding hydrogens is 350 g/mol. The zero-order valence-corrected chi connectivity index (χ0v) is 14.9. The number of hydrogen-bond acceptors (Lipinski definition) is 8. The molecule has 0 radical (unpaired) electrons. The summed E-state index contributed by atoms with van der Waals surface area (Å²) >= 11 is 2.50. The number of hydrogen-bond donors (Lipinski definition) is 1. The number of rotatable bonds is 6. The number of methoxy groups -OCH3 is 2. The molecule has 1 fully saturated rings. The van der Waals surface area contributed by atoms with E-state index in [2.05, 4.69) is 9.55 Å². The molecule has 0 atom stereocenters. The molecule has 0 saturated heterocycles. The number of esters is 2. The van der Waals surface area contributed by atoms with Gasteiger partial charge in [-0.15, -0.1) is 11.3 Å². The van der Waals surface area contributed by atoms with Crippen LogP contribution in [0.3, 0.4) is 0 Å². The summed E-state index contributed by atoms with van der Waals surface area (Å²) in [5.41, 5.74) is 6.70. The van der Waals surface area contributed by atoms with Crippen molar-refractivity contribution in [2.24, 2.45) is 0 Å². The van der Waals surface area contributed by atoms with Crippen LogP contribution in [-0.4, -0.2) is 35.7 Å². The maximum absolute atomic E-state index is 12.0. The molecule has 3 rings (SSSR count). The number of imidazole rings is 1. The Bertz CT molecular complexity index is 780. The molecule has 2 aromatic heterocycles. The molecule has 0 unspecified atom stereocenters. The molecule has 0 spiro atoms. The molecular formula is C15H17N3O4S2. The van der Waals surface area contributed by atoms with Gasteiger partial charge in [0.15, 0.2) is 5.16 Å². The van der Waals surface area contributed by atoms with Gasteiger partial charge in [0.05, 0.1) is 19.8 Å². The molecule has 0 bridgehead atoms. The van der Waals surface area contributed by atoms with Gasteiger partial charge in [-0.3, -0.25) is 0 Å². The molecule has 1 aliphatic carbocycles. The highest BCUT2D eigenvalue weighted by Crippen LogP contribution is 2.40. The largest absolute Gasteiger partial charge is 0.465 e. The van der Waals surface area contributed by atoms with E-state index >= 15 is 0 Å². The van der Waals surface area contributed by atoms with E-state index in [1.807, 2.05) is 6.20 Å². The molecule has 0 aliphatic heterocycles. The second kappa shape index (κ2) is 6.86. The van der Waals surface area contributed by atoms with Crippen molar-refractivity contribution in [2.75, 3.05) is 20.0 Å². The topological polar surface area (TPSA) is 96.4 Å². The standard InChI is InChI=1S/C15H17N3O4S2/c1-21-13(19)10-9(11(14(20)22-2)24-12(10)16)7-23-15-17-5-6-18(15)8-3-4-8/h5-6,8H,3-4,7,16H2,1-2H3. The smallest absolute Gasteiger partial charge is 0.348 e. The second-order valence-electron chi connectivity index (χ2n) is 5.27. The first-order valence-corrected chi connectivity index (χ1v) is 9.10. The zero-order chi connectivity index (χ0) is 17.3. The van der Waals surface area contributed by atoms with E-state index in [-0.39, 0.29) is 10.6 Å². The van der Waals surface area contributed by atoms with E-state index in [1.165, 1.54) is 26.0 Å². The predicted molar refractivity (Wildman–Crippen MR) is 91.5 cm³/mol. The Morgan fingerprint density at radius 3 is 2.71 bits per heavy atom. The first kappa shape index (κ1) is 16.8. The average Bonchev–Trinajstić information content (AvgIpc) is 3.23. The molecule has 24 heavy (non-hydrogen) atoms.